The normalized spacial score (nSPS) is 20.7. The second-order valence-electron chi connectivity index (χ2n) is 8.99. The van der Waals surface area contributed by atoms with Gasteiger partial charge in [0, 0.05) is 19.6 Å². The molecule has 0 radical (unpaired) electrons. The van der Waals surface area contributed by atoms with Crippen LogP contribution in [-0.2, 0) is 27.5 Å². The van der Waals surface area contributed by atoms with Gasteiger partial charge in [-0.1, -0.05) is 36.4 Å². The van der Waals surface area contributed by atoms with Gasteiger partial charge in [-0.3, -0.25) is 14.5 Å². The van der Waals surface area contributed by atoms with Crippen molar-refractivity contribution in [3.8, 4) is 11.5 Å². The van der Waals surface area contributed by atoms with E-state index in [-0.39, 0.29) is 25.2 Å². The number of nitrogens with zero attached hydrogens (tertiary/aromatic N) is 2. The summed E-state index contributed by atoms with van der Waals surface area (Å²) in [5.74, 6) is 0.982. The molecule has 0 aliphatic carbocycles. The smallest absolute Gasteiger partial charge is 0.410 e. The standard InChI is InChI=1S/C26H29N3O6/c30-24(27-15-19-10-11-22-23(14-19)35-17-34-22)20-8-4-12-28(20)25(31)21-9-5-13-29(21)26(32)33-16-18-6-2-1-3-7-18/h1-3,6-7,10-11,14,20-21H,4-5,8-9,12-13,15-17H2,(H,27,30)/t20-,21-/m0/s1. The highest BCUT2D eigenvalue weighted by molar-refractivity contribution is 5.92. The second-order valence-corrected chi connectivity index (χ2v) is 8.99. The molecule has 35 heavy (non-hydrogen) atoms. The van der Waals surface area contributed by atoms with Crippen LogP contribution >= 0.6 is 0 Å². The van der Waals surface area contributed by atoms with Gasteiger partial charge in [-0.15, -0.1) is 0 Å². The number of likely N-dealkylation sites (tertiary alicyclic amines) is 2. The molecule has 2 atom stereocenters. The zero-order valence-corrected chi connectivity index (χ0v) is 19.5. The third-order valence-corrected chi connectivity index (χ3v) is 6.72. The first-order chi connectivity index (χ1) is 17.1. The van der Waals surface area contributed by atoms with Gasteiger partial charge in [-0.2, -0.15) is 0 Å². The Morgan fingerprint density at radius 1 is 0.886 bits per heavy atom. The number of amides is 3. The minimum Gasteiger partial charge on any atom is -0.454 e. The molecule has 2 fully saturated rings. The molecule has 0 spiro atoms. The lowest BCUT2D eigenvalue weighted by Crippen LogP contribution is -2.52. The van der Waals surface area contributed by atoms with Crippen LogP contribution in [0, 0.1) is 0 Å². The molecule has 5 rings (SSSR count). The molecule has 3 heterocycles. The first-order valence-corrected chi connectivity index (χ1v) is 12.0. The summed E-state index contributed by atoms with van der Waals surface area (Å²) in [7, 11) is 0. The van der Waals surface area contributed by atoms with Crippen molar-refractivity contribution in [2.45, 2.75) is 50.9 Å². The van der Waals surface area contributed by atoms with Gasteiger partial charge in [0.15, 0.2) is 11.5 Å². The lowest BCUT2D eigenvalue weighted by atomic mass is 10.1. The molecule has 3 amide bonds. The summed E-state index contributed by atoms with van der Waals surface area (Å²) in [5, 5.41) is 2.95. The number of rotatable bonds is 6. The van der Waals surface area contributed by atoms with E-state index in [1.54, 1.807) is 4.90 Å². The number of hydrogen-bond donors (Lipinski definition) is 1. The molecule has 3 aliphatic rings. The van der Waals surface area contributed by atoms with Gasteiger partial charge in [-0.25, -0.2) is 4.79 Å². The molecule has 0 unspecified atom stereocenters. The monoisotopic (exact) mass is 479 g/mol. The third kappa shape index (κ3) is 5.03. The molecule has 9 heteroatoms. The SMILES string of the molecule is O=C(NCc1ccc2c(c1)OCO2)[C@@H]1CCCN1C(=O)[C@@H]1CCCN1C(=O)OCc1ccccc1. The Hall–Kier alpha value is -3.75. The molecule has 0 saturated carbocycles. The maximum Gasteiger partial charge on any atom is 0.410 e. The second kappa shape index (κ2) is 10.2. The first-order valence-electron chi connectivity index (χ1n) is 12.0. The van der Waals surface area contributed by atoms with Crippen molar-refractivity contribution in [2.75, 3.05) is 19.9 Å². The highest BCUT2D eigenvalue weighted by atomic mass is 16.7. The van der Waals surface area contributed by atoms with Crippen molar-refractivity contribution in [1.82, 2.24) is 15.1 Å². The molecule has 0 aromatic heterocycles. The fraction of sp³-hybridized carbons (Fsp3) is 0.423. The van der Waals surface area contributed by atoms with Crippen molar-refractivity contribution in [3.63, 3.8) is 0 Å². The van der Waals surface area contributed by atoms with Gasteiger partial charge in [0.2, 0.25) is 18.6 Å². The molecule has 0 bridgehead atoms. The summed E-state index contributed by atoms with van der Waals surface area (Å²) < 4.78 is 16.2. The van der Waals surface area contributed by atoms with Gasteiger partial charge in [0.25, 0.3) is 0 Å². The number of benzene rings is 2. The van der Waals surface area contributed by atoms with E-state index in [0.717, 1.165) is 24.0 Å². The molecular formula is C26H29N3O6. The predicted molar refractivity (Wildman–Crippen MR) is 126 cm³/mol. The Bertz CT molecular complexity index is 1090. The number of carbonyl (C=O) groups is 3. The van der Waals surface area contributed by atoms with Crippen molar-refractivity contribution < 1.29 is 28.6 Å². The van der Waals surface area contributed by atoms with Crippen LogP contribution in [0.3, 0.4) is 0 Å². The highest BCUT2D eigenvalue weighted by Crippen LogP contribution is 2.32. The summed E-state index contributed by atoms with van der Waals surface area (Å²) in [5.41, 5.74) is 1.78. The maximum atomic E-state index is 13.4. The Balaban J connectivity index is 1.17. The van der Waals surface area contributed by atoms with Crippen LogP contribution in [0.25, 0.3) is 0 Å². The quantitative estimate of drug-likeness (QED) is 0.684. The highest BCUT2D eigenvalue weighted by Gasteiger charge is 2.42. The van der Waals surface area contributed by atoms with E-state index in [4.69, 9.17) is 14.2 Å². The lowest BCUT2D eigenvalue weighted by molar-refractivity contribution is -0.141. The van der Waals surface area contributed by atoms with Gasteiger partial charge >= 0.3 is 6.09 Å². The Morgan fingerprint density at radius 2 is 1.63 bits per heavy atom. The molecule has 2 aromatic rings. The summed E-state index contributed by atoms with van der Waals surface area (Å²) in [6.07, 6.45) is 2.16. The topological polar surface area (TPSA) is 97.4 Å². The molecule has 1 N–H and O–H groups in total. The van der Waals surface area contributed by atoms with E-state index >= 15 is 0 Å². The maximum absolute atomic E-state index is 13.4. The molecule has 2 saturated heterocycles. The number of nitrogens with one attached hydrogen (secondary N) is 1. The Labute approximate surface area is 203 Å². The number of hydrogen-bond acceptors (Lipinski definition) is 6. The Morgan fingerprint density at radius 3 is 2.46 bits per heavy atom. The predicted octanol–water partition coefficient (Wildman–Crippen LogP) is 2.82. The van der Waals surface area contributed by atoms with Crippen LogP contribution in [0.5, 0.6) is 11.5 Å². The van der Waals surface area contributed by atoms with Gasteiger partial charge in [0.05, 0.1) is 0 Å². The summed E-state index contributed by atoms with van der Waals surface area (Å²) in [4.78, 5) is 42.3. The number of carbonyl (C=O) groups excluding carboxylic acids is 3. The van der Waals surface area contributed by atoms with Crippen LogP contribution in [0.1, 0.15) is 36.8 Å². The number of fused-ring (bicyclic) bond motifs is 1. The van der Waals surface area contributed by atoms with E-state index in [9.17, 15) is 14.4 Å². The fourth-order valence-corrected chi connectivity index (χ4v) is 4.90. The summed E-state index contributed by atoms with van der Waals surface area (Å²) in [6.45, 7) is 1.66. The van der Waals surface area contributed by atoms with E-state index < -0.39 is 18.2 Å². The molecular weight excluding hydrogens is 450 g/mol. The van der Waals surface area contributed by atoms with Crippen LogP contribution in [0.4, 0.5) is 4.79 Å². The molecule has 2 aromatic carbocycles. The molecule has 3 aliphatic heterocycles. The van der Waals surface area contributed by atoms with Crippen LogP contribution in [0.15, 0.2) is 48.5 Å². The van der Waals surface area contributed by atoms with E-state index in [2.05, 4.69) is 5.32 Å². The largest absolute Gasteiger partial charge is 0.454 e. The van der Waals surface area contributed by atoms with E-state index in [1.807, 2.05) is 48.5 Å². The average molecular weight is 480 g/mol. The average Bonchev–Trinajstić information content (AvgIpc) is 3.66. The fourth-order valence-electron chi connectivity index (χ4n) is 4.90. The van der Waals surface area contributed by atoms with E-state index in [1.165, 1.54) is 4.90 Å². The summed E-state index contributed by atoms with van der Waals surface area (Å²) >= 11 is 0. The van der Waals surface area contributed by atoms with Crippen LogP contribution < -0.4 is 14.8 Å². The van der Waals surface area contributed by atoms with Gasteiger partial charge in [-0.05, 0) is 48.9 Å². The number of ether oxygens (including phenoxy) is 3. The molecule has 9 nitrogen and oxygen atoms in total. The zero-order valence-electron chi connectivity index (χ0n) is 19.5. The first kappa shape index (κ1) is 23.0. The van der Waals surface area contributed by atoms with Gasteiger partial charge in [0.1, 0.15) is 18.7 Å². The van der Waals surface area contributed by atoms with Crippen LogP contribution in [0.2, 0.25) is 0 Å². The van der Waals surface area contributed by atoms with Gasteiger partial charge < -0.3 is 24.4 Å². The van der Waals surface area contributed by atoms with Crippen molar-refractivity contribution in [1.29, 1.82) is 0 Å². The Kier molecular flexibility index (Phi) is 6.74. The van der Waals surface area contributed by atoms with Crippen molar-refractivity contribution >= 4 is 17.9 Å². The van der Waals surface area contributed by atoms with E-state index in [0.29, 0.717) is 44.0 Å². The van der Waals surface area contributed by atoms with Crippen molar-refractivity contribution in [3.05, 3.63) is 59.7 Å². The lowest BCUT2D eigenvalue weighted by Gasteiger charge is -2.30. The molecule has 184 valence electrons. The van der Waals surface area contributed by atoms with Crippen LogP contribution in [-0.4, -0.2) is 59.7 Å². The van der Waals surface area contributed by atoms with Crippen molar-refractivity contribution in [2.24, 2.45) is 0 Å². The minimum absolute atomic E-state index is 0.158. The third-order valence-electron chi connectivity index (χ3n) is 6.72. The summed E-state index contributed by atoms with van der Waals surface area (Å²) in [6, 6.07) is 13.8. The zero-order chi connectivity index (χ0) is 24.2. The minimum atomic E-state index is -0.597.